The molecule has 1 N–H and O–H groups in total. The lowest BCUT2D eigenvalue weighted by Gasteiger charge is -2.27. The van der Waals surface area contributed by atoms with E-state index in [9.17, 15) is 13.2 Å². The maximum atomic E-state index is 12.6. The van der Waals surface area contributed by atoms with Crippen molar-refractivity contribution < 1.29 is 17.7 Å². The van der Waals surface area contributed by atoms with Gasteiger partial charge in [-0.1, -0.05) is 35.5 Å². The van der Waals surface area contributed by atoms with Crippen LogP contribution in [0.3, 0.4) is 0 Å². The normalized spacial score (nSPS) is 11.7. The van der Waals surface area contributed by atoms with Gasteiger partial charge in [-0.25, -0.2) is 13.1 Å². The Bertz CT molecular complexity index is 825. The van der Waals surface area contributed by atoms with Crippen molar-refractivity contribution in [1.82, 2.24) is 14.8 Å². The molecule has 1 heterocycles. The minimum atomic E-state index is -3.76. The molecule has 0 bridgehead atoms. The zero-order valence-electron chi connectivity index (χ0n) is 15.5. The molecule has 0 aliphatic rings. The molecule has 0 fully saturated rings. The van der Waals surface area contributed by atoms with Gasteiger partial charge in [0.1, 0.15) is 10.6 Å². The molecule has 0 radical (unpaired) electrons. The SMILES string of the molecule is Cc1noc(C)c1S(=O)(=O)NCCC(=O)N(Cc1ccccc1)C(C)C. The summed E-state index contributed by atoms with van der Waals surface area (Å²) in [7, 11) is -3.76. The second-order valence-electron chi connectivity index (χ2n) is 6.40. The van der Waals surface area contributed by atoms with Crippen LogP contribution in [0.25, 0.3) is 0 Å². The molecule has 7 nitrogen and oxygen atoms in total. The van der Waals surface area contributed by atoms with Gasteiger partial charge in [-0.2, -0.15) is 0 Å². The van der Waals surface area contributed by atoms with E-state index < -0.39 is 10.0 Å². The smallest absolute Gasteiger partial charge is 0.245 e. The molecule has 8 heteroatoms. The third kappa shape index (κ3) is 4.92. The molecule has 1 aromatic heterocycles. The number of nitrogens with one attached hydrogen (secondary N) is 1. The van der Waals surface area contributed by atoms with Crippen LogP contribution in [0.2, 0.25) is 0 Å². The van der Waals surface area contributed by atoms with Crippen LogP contribution in [0.4, 0.5) is 0 Å². The van der Waals surface area contributed by atoms with Crippen LogP contribution in [-0.2, 0) is 21.4 Å². The fourth-order valence-corrected chi connectivity index (χ4v) is 4.06. The van der Waals surface area contributed by atoms with Crippen LogP contribution in [0, 0.1) is 13.8 Å². The fourth-order valence-electron chi connectivity index (χ4n) is 2.71. The highest BCUT2D eigenvalue weighted by Crippen LogP contribution is 2.18. The van der Waals surface area contributed by atoms with E-state index in [-0.39, 0.29) is 35.6 Å². The van der Waals surface area contributed by atoms with Crippen LogP contribution in [0.5, 0.6) is 0 Å². The number of aryl methyl sites for hydroxylation is 2. The van der Waals surface area contributed by atoms with Gasteiger partial charge in [-0.05, 0) is 33.3 Å². The third-order valence-electron chi connectivity index (χ3n) is 4.01. The van der Waals surface area contributed by atoms with Gasteiger partial charge in [0, 0.05) is 25.6 Å². The topological polar surface area (TPSA) is 92.5 Å². The average Bonchev–Trinajstić information content (AvgIpc) is 2.92. The van der Waals surface area contributed by atoms with Crippen molar-refractivity contribution in [2.24, 2.45) is 0 Å². The van der Waals surface area contributed by atoms with Gasteiger partial charge in [-0.3, -0.25) is 4.79 Å². The molecule has 0 unspecified atom stereocenters. The number of hydrogen-bond acceptors (Lipinski definition) is 5. The molecular formula is C18H25N3O4S. The highest BCUT2D eigenvalue weighted by Gasteiger charge is 2.24. The van der Waals surface area contributed by atoms with E-state index in [4.69, 9.17) is 4.52 Å². The molecule has 2 aromatic rings. The number of benzene rings is 1. The predicted octanol–water partition coefficient (Wildman–Crippen LogP) is 2.40. The van der Waals surface area contributed by atoms with Crippen molar-refractivity contribution >= 4 is 15.9 Å². The minimum absolute atomic E-state index is 0.0156. The molecular weight excluding hydrogens is 354 g/mol. The minimum Gasteiger partial charge on any atom is -0.360 e. The summed E-state index contributed by atoms with van der Waals surface area (Å²) in [6.07, 6.45) is 0.0770. The first-order chi connectivity index (χ1) is 12.2. The third-order valence-corrected chi connectivity index (χ3v) is 5.71. The van der Waals surface area contributed by atoms with E-state index in [0.29, 0.717) is 12.2 Å². The Kier molecular flexibility index (Phi) is 6.55. The number of carbonyl (C=O) groups excluding carboxylic acids is 1. The summed E-state index contributed by atoms with van der Waals surface area (Å²) in [6, 6.07) is 9.72. The lowest BCUT2D eigenvalue weighted by atomic mass is 10.2. The van der Waals surface area contributed by atoms with E-state index in [1.807, 2.05) is 44.2 Å². The molecule has 2 rings (SSSR count). The van der Waals surface area contributed by atoms with Crippen molar-refractivity contribution in [2.45, 2.75) is 51.6 Å². The largest absolute Gasteiger partial charge is 0.360 e. The zero-order chi connectivity index (χ0) is 19.3. The van der Waals surface area contributed by atoms with Gasteiger partial charge in [0.15, 0.2) is 5.76 Å². The molecule has 1 amide bonds. The molecule has 142 valence electrons. The summed E-state index contributed by atoms with van der Waals surface area (Å²) < 4.78 is 32.1. The van der Waals surface area contributed by atoms with Crippen molar-refractivity contribution in [1.29, 1.82) is 0 Å². The maximum absolute atomic E-state index is 12.6. The highest BCUT2D eigenvalue weighted by atomic mass is 32.2. The Morgan fingerprint density at radius 3 is 2.42 bits per heavy atom. The van der Waals surface area contributed by atoms with E-state index in [1.165, 1.54) is 0 Å². The molecule has 0 saturated heterocycles. The van der Waals surface area contributed by atoms with Crippen molar-refractivity contribution in [3.63, 3.8) is 0 Å². The van der Waals surface area contributed by atoms with Gasteiger partial charge in [0.05, 0.1) is 0 Å². The second-order valence-corrected chi connectivity index (χ2v) is 8.11. The lowest BCUT2D eigenvalue weighted by Crippen LogP contribution is -2.38. The van der Waals surface area contributed by atoms with Crippen molar-refractivity contribution in [3.8, 4) is 0 Å². The van der Waals surface area contributed by atoms with Crippen molar-refractivity contribution in [3.05, 3.63) is 47.3 Å². The van der Waals surface area contributed by atoms with Gasteiger partial charge < -0.3 is 9.42 Å². The van der Waals surface area contributed by atoms with Crippen LogP contribution in [0.1, 0.15) is 37.3 Å². The quantitative estimate of drug-likeness (QED) is 0.760. The number of nitrogens with zero attached hydrogens (tertiary/aromatic N) is 2. The zero-order valence-corrected chi connectivity index (χ0v) is 16.3. The van der Waals surface area contributed by atoms with Gasteiger partial charge in [0.2, 0.25) is 15.9 Å². The summed E-state index contributed by atoms with van der Waals surface area (Å²) in [4.78, 5) is 14.3. The number of rotatable bonds is 8. The van der Waals surface area contributed by atoms with Crippen LogP contribution in [-0.4, -0.2) is 37.0 Å². The van der Waals surface area contributed by atoms with E-state index in [0.717, 1.165) is 5.56 Å². The molecule has 0 spiro atoms. The number of amides is 1. The maximum Gasteiger partial charge on any atom is 0.245 e. The summed E-state index contributed by atoms with van der Waals surface area (Å²) in [5, 5.41) is 3.65. The van der Waals surface area contributed by atoms with Crippen LogP contribution >= 0.6 is 0 Å². The predicted molar refractivity (Wildman–Crippen MR) is 97.9 cm³/mol. The number of aromatic nitrogens is 1. The Morgan fingerprint density at radius 1 is 1.23 bits per heavy atom. The summed E-state index contributed by atoms with van der Waals surface area (Å²) in [5.41, 5.74) is 1.33. The molecule has 0 saturated carbocycles. The van der Waals surface area contributed by atoms with Crippen LogP contribution in [0.15, 0.2) is 39.8 Å². The lowest BCUT2D eigenvalue weighted by molar-refractivity contribution is -0.133. The summed E-state index contributed by atoms with van der Waals surface area (Å²) in [5.74, 6) is 0.125. The Labute approximate surface area is 154 Å². The Morgan fingerprint density at radius 2 is 1.88 bits per heavy atom. The molecule has 0 atom stereocenters. The molecule has 0 aliphatic carbocycles. The van der Waals surface area contributed by atoms with Gasteiger partial charge in [0.25, 0.3) is 0 Å². The molecule has 1 aromatic carbocycles. The van der Waals surface area contributed by atoms with E-state index >= 15 is 0 Å². The van der Waals surface area contributed by atoms with E-state index in [1.54, 1.807) is 18.7 Å². The monoisotopic (exact) mass is 379 g/mol. The van der Waals surface area contributed by atoms with Crippen LogP contribution < -0.4 is 4.72 Å². The Hall–Kier alpha value is -2.19. The fraction of sp³-hybridized carbons (Fsp3) is 0.444. The standard InChI is InChI=1S/C18H25N3O4S/c1-13(2)21(12-16-8-6-5-7-9-16)17(22)10-11-19-26(23,24)18-14(3)20-25-15(18)4/h5-9,13,19H,10-12H2,1-4H3. The second kappa shape index (κ2) is 8.46. The number of sulfonamides is 1. The van der Waals surface area contributed by atoms with Crippen molar-refractivity contribution in [2.75, 3.05) is 6.54 Å². The number of carbonyl (C=O) groups is 1. The van der Waals surface area contributed by atoms with Gasteiger partial charge >= 0.3 is 0 Å². The number of hydrogen-bond donors (Lipinski definition) is 1. The molecule has 0 aliphatic heterocycles. The summed E-state index contributed by atoms with van der Waals surface area (Å²) >= 11 is 0. The van der Waals surface area contributed by atoms with E-state index in [2.05, 4.69) is 9.88 Å². The Balaban J connectivity index is 1.98. The highest BCUT2D eigenvalue weighted by molar-refractivity contribution is 7.89. The van der Waals surface area contributed by atoms with Gasteiger partial charge in [-0.15, -0.1) is 0 Å². The average molecular weight is 379 g/mol. The first-order valence-corrected chi connectivity index (χ1v) is 9.96. The first kappa shape index (κ1) is 20.1. The molecule has 26 heavy (non-hydrogen) atoms. The first-order valence-electron chi connectivity index (χ1n) is 8.48. The summed E-state index contributed by atoms with van der Waals surface area (Å²) in [6.45, 7) is 7.50.